The maximum absolute atomic E-state index is 7.94. The Labute approximate surface area is 381 Å². The molecule has 4 heteroatoms. The van der Waals surface area contributed by atoms with Crippen LogP contribution in [0.3, 0.4) is 0 Å². The Hall–Kier alpha value is -6.84. The molecule has 0 fully saturated rings. The Morgan fingerprint density at radius 3 is 1.03 bits per heavy atom. The first-order valence-corrected chi connectivity index (χ1v) is 22.2. The fourth-order valence-electron chi connectivity index (χ4n) is 9.24. The van der Waals surface area contributed by atoms with E-state index in [4.69, 9.17) is 23.2 Å². The summed E-state index contributed by atoms with van der Waals surface area (Å²) in [6.45, 7) is 8.56. The monoisotopic (exact) mass is 852 g/mol. The lowest BCUT2D eigenvalue weighted by atomic mass is 9.64. The molecule has 0 saturated heterocycles. The number of halogens is 2. The normalized spacial score (nSPS) is 13.0. The zero-order chi connectivity index (χ0) is 43.2. The van der Waals surface area contributed by atoms with Crippen molar-refractivity contribution in [1.82, 2.24) is 0 Å². The van der Waals surface area contributed by atoms with Gasteiger partial charge in [0.05, 0.1) is 21.8 Å². The van der Waals surface area contributed by atoms with Gasteiger partial charge in [0.1, 0.15) is 0 Å². The number of hydrogen-bond donors (Lipinski definition) is 0. The van der Waals surface area contributed by atoms with Crippen LogP contribution in [0.5, 0.6) is 0 Å². The summed E-state index contributed by atoms with van der Waals surface area (Å²) in [5.74, 6) is 0. The average Bonchev–Trinajstić information content (AvgIpc) is 3.31. The van der Waals surface area contributed by atoms with Gasteiger partial charge in [-0.25, -0.2) is 0 Å². The number of rotatable bonds is 6. The zero-order valence-electron chi connectivity index (χ0n) is 35.8. The average molecular weight is 854 g/mol. The maximum atomic E-state index is 7.94. The van der Waals surface area contributed by atoms with Crippen LogP contribution in [0.4, 0.5) is 34.1 Å². The molecule has 0 unspecified atom stereocenters. The smallest absolute Gasteiger partial charge is 0.0888 e. The molecule has 306 valence electrons. The van der Waals surface area contributed by atoms with Crippen molar-refractivity contribution in [2.45, 2.75) is 33.1 Å². The van der Waals surface area contributed by atoms with Crippen LogP contribution in [-0.2, 0) is 5.41 Å². The van der Waals surface area contributed by atoms with Gasteiger partial charge in [0.15, 0.2) is 0 Å². The first-order chi connectivity index (χ1) is 30.6. The fraction of sp³-hybridized carbons (Fsp3) is 0.0847. The summed E-state index contributed by atoms with van der Waals surface area (Å²) in [6.07, 6.45) is 0. The van der Waals surface area contributed by atoms with Gasteiger partial charge >= 0.3 is 0 Å². The molecule has 0 aromatic heterocycles. The molecule has 0 N–H and O–H groups in total. The molecule has 0 saturated carbocycles. The quantitative estimate of drug-likeness (QED) is 0.164. The van der Waals surface area contributed by atoms with Crippen LogP contribution in [0.25, 0.3) is 22.3 Å². The van der Waals surface area contributed by atoms with Crippen LogP contribution in [0.2, 0.25) is 10.0 Å². The van der Waals surface area contributed by atoms with E-state index in [-0.39, 0.29) is 0 Å². The summed E-state index contributed by atoms with van der Waals surface area (Å²) in [4.78, 5) is 4.56. The van der Waals surface area contributed by atoms with Gasteiger partial charge in [-0.15, -0.1) is 0 Å². The first kappa shape index (κ1) is 40.2. The van der Waals surface area contributed by atoms with Crippen molar-refractivity contribution in [3.05, 3.63) is 261 Å². The summed E-state index contributed by atoms with van der Waals surface area (Å²) >= 11 is 15.3. The molecular formula is C59H46Cl2N2. The van der Waals surface area contributed by atoms with E-state index in [0.717, 1.165) is 78.6 Å². The van der Waals surface area contributed by atoms with Gasteiger partial charge < -0.3 is 9.80 Å². The number of hydrogen-bond acceptors (Lipinski definition) is 2. The van der Waals surface area contributed by atoms with Gasteiger partial charge in [0.25, 0.3) is 0 Å². The predicted molar refractivity (Wildman–Crippen MR) is 268 cm³/mol. The van der Waals surface area contributed by atoms with Gasteiger partial charge in [-0.05, 0) is 145 Å². The summed E-state index contributed by atoms with van der Waals surface area (Å²) in [5.41, 5.74) is 18.2. The highest BCUT2D eigenvalue weighted by Crippen LogP contribution is 2.54. The Bertz CT molecular complexity index is 2880. The lowest BCUT2D eigenvalue weighted by Crippen LogP contribution is -2.32. The minimum atomic E-state index is -0.827. The molecule has 1 aliphatic heterocycles. The lowest BCUT2D eigenvalue weighted by molar-refractivity contribution is 0.745. The number of aryl methyl sites for hydroxylation is 4. The van der Waals surface area contributed by atoms with Crippen molar-refractivity contribution in [3.8, 4) is 22.3 Å². The van der Waals surface area contributed by atoms with E-state index < -0.39 is 5.41 Å². The van der Waals surface area contributed by atoms with Crippen molar-refractivity contribution in [3.63, 3.8) is 0 Å². The van der Waals surface area contributed by atoms with Crippen LogP contribution in [-0.4, -0.2) is 0 Å². The third-order valence-corrected chi connectivity index (χ3v) is 13.1. The van der Waals surface area contributed by atoms with Gasteiger partial charge in [-0.1, -0.05) is 179 Å². The van der Waals surface area contributed by atoms with Crippen LogP contribution in [0.1, 0.15) is 44.5 Å². The van der Waals surface area contributed by atoms with Crippen molar-refractivity contribution < 1.29 is 0 Å². The van der Waals surface area contributed by atoms with E-state index in [1.165, 1.54) is 22.3 Å². The molecule has 6 bridgehead atoms. The molecule has 0 aliphatic carbocycles. The highest BCUT2D eigenvalue weighted by Gasteiger charge is 2.41. The maximum Gasteiger partial charge on any atom is 0.0888 e. The summed E-state index contributed by atoms with van der Waals surface area (Å²) in [5, 5.41) is 1.14. The zero-order valence-corrected chi connectivity index (χ0v) is 37.3. The number of fused-ring (bicyclic) bond motifs is 6. The minimum absolute atomic E-state index is 0.572. The highest BCUT2D eigenvalue weighted by atomic mass is 35.5. The molecule has 9 aromatic rings. The van der Waals surface area contributed by atoms with Crippen LogP contribution in [0.15, 0.2) is 206 Å². The van der Waals surface area contributed by atoms with Crippen LogP contribution >= 0.6 is 23.2 Å². The molecule has 9 aromatic carbocycles. The van der Waals surface area contributed by atoms with E-state index in [1.807, 2.05) is 12.1 Å². The second-order valence-corrected chi connectivity index (χ2v) is 17.7. The lowest BCUT2D eigenvalue weighted by Gasteiger charge is -2.40. The fourth-order valence-corrected chi connectivity index (χ4v) is 9.73. The summed E-state index contributed by atoms with van der Waals surface area (Å²) in [6, 6.07) is 75.1. The molecular weight excluding hydrogens is 808 g/mol. The van der Waals surface area contributed by atoms with Crippen LogP contribution in [0, 0.1) is 27.7 Å². The second-order valence-electron chi connectivity index (χ2n) is 16.9. The number of anilines is 6. The third-order valence-electron chi connectivity index (χ3n) is 12.5. The Morgan fingerprint density at radius 2 is 0.667 bits per heavy atom. The molecule has 2 nitrogen and oxygen atoms in total. The van der Waals surface area contributed by atoms with Crippen molar-refractivity contribution in [2.24, 2.45) is 0 Å². The van der Waals surface area contributed by atoms with Crippen molar-refractivity contribution >= 4 is 57.3 Å². The molecule has 0 spiro atoms. The van der Waals surface area contributed by atoms with Gasteiger partial charge in [0, 0.05) is 27.8 Å². The summed E-state index contributed by atoms with van der Waals surface area (Å²) in [7, 11) is 0. The minimum Gasteiger partial charge on any atom is -0.309 e. The van der Waals surface area contributed by atoms with E-state index in [9.17, 15) is 0 Å². The molecule has 0 atom stereocenters. The Kier molecular flexibility index (Phi) is 10.5. The molecule has 1 aliphatic rings. The number of nitrogens with zero attached hydrogens (tertiary/aromatic N) is 2. The Balaban J connectivity index is 1.46. The molecule has 1 heterocycles. The SMILES string of the molecule is Cc1ccc(N2c3cc(-c4ccccc4)cc(c3)C(c3ccc(C)cc3)(c3ccc(C)cc3)c3cc(-c4ccccc4)cc(c3)N(c3ccc(C)cc3)c3cc(Cl)cc2c3Cl)cc1. The molecule has 0 amide bonds. The molecule has 0 radical (unpaired) electrons. The third kappa shape index (κ3) is 7.40. The predicted octanol–water partition coefficient (Wildman–Crippen LogP) is 17.2. The van der Waals surface area contributed by atoms with Gasteiger partial charge in [-0.2, -0.15) is 0 Å². The van der Waals surface area contributed by atoms with E-state index in [2.05, 4.69) is 232 Å². The second kappa shape index (κ2) is 16.5. The Morgan fingerprint density at radius 1 is 0.317 bits per heavy atom. The van der Waals surface area contributed by atoms with Gasteiger partial charge in [-0.3, -0.25) is 0 Å². The largest absolute Gasteiger partial charge is 0.309 e. The topological polar surface area (TPSA) is 6.48 Å². The van der Waals surface area contributed by atoms with Crippen LogP contribution < -0.4 is 9.80 Å². The van der Waals surface area contributed by atoms with Gasteiger partial charge in [0.2, 0.25) is 0 Å². The number of benzene rings is 9. The van der Waals surface area contributed by atoms with Crippen molar-refractivity contribution in [2.75, 3.05) is 9.80 Å². The van der Waals surface area contributed by atoms with E-state index in [0.29, 0.717) is 10.0 Å². The standard InChI is InChI=1S/C59H46Cl2N2/c1-39-15-23-47(24-16-39)59(48-25-17-40(2)18-26-48)49-31-45(43-11-7-5-8-12-43)33-54(35-49)62(52-27-19-41(3)20-28-52)56-37-51(60)38-57(58(56)61)63(53-29-21-42(4)22-30-53)55-34-46(32-50(59)36-55)44-13-9-6-10-14-44/h5-38H,1-4H3. The van der Waals surface area contributed by atoms with E-state index >= 15 is 0 Å². The highest BCUT2D eigenvalue weighted by molar-refractivity contribution is 6.38. The van der Waals surface area contributed by atoms with E-state index in [1.54, 1.807) is 0 Å². The van der Waals surface area contributed by atoms with Crippen molar-refractivity contribution in [1.29, 1.82) is 0 Å². The first-order valence-electron chi connectivity index (χ1n) is 21.4. The summed E-state index contributed by atoms with van der Waals surface area (Å²) < 4.78 is 0. The molecule has 10 rings (SSSR count). The molecule has 63 heavy (non-hydrogen) atoms.